The highest BCUT2D eigenvalue weighted by atomic mass is 16.5. The topological polar surface area (TPSA) is 116 Å². The SMILES string of the molecule is CC(C)Cc1noc(-c2ccc3nc(Nc4cc(CN5CCN(C(=O)C6CC6)CC5)ccn4)[nH]c3c2)n1. The van der Waals surface area contributed by atoms with E-state index in [0.29, 0.717) is 29.6 Å². The van der Waals surface area contributed by atoms with E-state index in [1.165, 1.54) is 5.56 Å². The molecule has 4 heterocycles. The quantitative estimate of drug-likeness (QED) is 0.373. The maximum Gasteiger partial charge on any atom is 0.257 e. The van der Waals surface area contributed by atoms with Crippen LogP contribution >= 0.6 is 0 Å². The monoisotopic (exact) mass is 500 g/mol. The molecule has 0 radical (unpaired) electrons. The van der Waals surface area contributed by atoms with Gasteiger partial charge in [-0.3, -0.25) is 9.69 Å². The average Bonchev–Trinajstić information content (AvgIpc) is 3.51. The molecule has 1 aliphatic carbocycles. The molecule has 0 unspecified atom stereocenters. The van der Waals surface area contributed by atoms with E-state index in [9.17, 15) is 4.79 Å². The van der Waals surface area contributed by atoms with E-state index in [4.69, 9.17) is 4.52 Å². The molecule has 1 amide bonds. The molecule has 2 aliphatic rings. The third-order valence-electron chi connectivity index (χ3n) is 6.88. The van der Waals surface area contributed by atoms with Crippen LogP contribution in [-0.2, 0) is 17.8 Å². The molecular weight excluding hydrogens is 468 g/mol. The number of carbonyl (C=O) groups excluding carboxylic acids is 1. The lowest BCUT2D eigenvalue weighted by Gasteiger charge is -2.34. The first-order valence-corrected chi connectivity index (χ1v) is 13.1. The fourth-order valence-electron chi connectivity index (χ4n) is 4.76. The van der Waals surface area contributed by atoms with Crippen LogP contribution in [0.15, 0.2) is 41.1 Å². The summed E-state index contributed by atoms with van der Waals surface area (Å²) in [7, 11) is 0. The van der Waals surface area contributed by atoms with E-state index >= 15 is 0 Å². The number of amides is 1. The molecule has 10 nitrogen and oxygen atoms in total. The minimum absolute atomic E-state index is 0.298. The Balaban J connectivity index is 1.09. The second-order valence-corrected chi connectivity index (χ2v) is 10.5. The number of hydrogen-bond acceptors (Lipinski definition) is 8. The lowest BCUT2D eigenvalue weighted by atomic mass is 10.1. The first-order valence-electron chi connectivity index (χ1n) is 13.1. The van der Waals surface area contributed by atoms with Crippen molar-refractivity contribution in [2.45, 2.75) is 39.7 Å². The Kier molecular flexibility index (Phi) is 6.33. The number of aromatic nitrogens is 5. The fraction of sp³-hybridized carbons (Fsp3) is 0.444. The Morgan fingerprint density at radius 3 is 2.76 bits per heavy atom. The molecule has 192 valence electrons. The number of nitrogens with zero attached hydrogens (tertiary/aromatic N) is 6. The lowest BCUT2D eigenvalue weighted by molar-refractivity contribution is -0.134. The van der Waals surface area contributed by atoms with Crippen molar-refractivity contribution in [3.8, 4) is 11.5 Å². The number of anilines is 2. The Bertz CT molecular complexity index is 1400. The highest BCUT2D eigenvalue weighted by Crippen LogP contribution is 2.31. The van der Waals surface area contributed by atoms with Gasteiger partial charge in [-0.2, -0.15) is 4.98 Å². The number of carbonyl (C=O) groups is 1. The van der Waals surface area contributed by atoms with Gasteiger partial charge in [0.2, 0.25) is 11.9 Å². The third kappa shape index (κ3) is 5.48. The van der Waals surface area contributed by atoms with Crippen LogP contribution < -0.4 is 5.32 Å². The van der Waals surface area contributed by atoms with Crippen molar-refractivity contribution >= 4 is 28.7 Å². The number of rotatable bonds is 8. The predicted molar refractivity (Wildman–Crippen MR) is 140 cm³/mol. The third-order valence-corrected chi connectivity index (χ3v) is 6.88. The Morgan fingerprint density at radius 1 is 1.14 bits per heavy atom. The molecule has 6 rings (SSSR count). The lowest BCUT2D eigenvalue weighted by Crippen LogP contribution is -2.48. The van der Waals surface area contributed by atoms with Gasteiger partial charge in [-0.1, -0.05) is 19.0 Å². The van der Waals surface area contributed by atoms with Gasteiger partial charge in [-0.15, -0.1) is 0 Å². The molecule has 3 aromatic heterocycles. The molecule has 1 saturated heterocycles. The summed E-state index contributed by atoms with van der Waals surface area (Å²) in [5.41, 5.74) is 3.73. The number of nitrogens with one attached hydrogen (secondary N) is 2. The summed E-state index contributed by atoms with van der Waals surface area (Å²) in [4.78, 5) is 33.7. The maximum absolute atomic E-state index is 12.3. The largest absolute Gasteiger partial charge is 0.340 e. The summed E-state index contributed by atoms with van der Waals surface area (Å²) in [6.45, 7) is 8.51. The average molecular weight is 501 g/mol. The Morgan fingerprint density at radius 2 is 1.97 bits per heavy atom. The van der Waals surface area contributed by atoms with Crippen molar-refractivity contribution < 1.29 is 9.32 Å². The van der Waals surface area contributed by atoms with Crippen LogP contribution in [0.25, 0.3) is 22.5 Å². The van der Waals surface area contributed by atoms with Gasteiger partial charge in [0.15, 0.2) is 5.82 Å². The number of H-pyrrole nitrogens is 1. The van der Waals surface area contributed by atoms with Crippen LogP contribution in [0.1, 0.15) is 38.1 Å². The van der Waals surface area contributed by atoms with Crippen molar-refractivity contribution in [3.63, 3.8) is 0 Å². The summed E-state index contributed by atoms with van der Waals surface area (Å²) in [6.07, 6.45) is 4.73. The number of benzene rings is 1. The molecule has 1 saturated carbocycles. The standard InChI is InChI=1S/C27H32N8O2/c1-17(2)13-24-31-25(37-33-24)20-5-6-21-22(15-20)30-27(29-21)32-23-14-18(7-8-28-23)16-34-9-11-35(12-10-34)26(36)19-3-4-19/h5-8,14-15,17,19H,3-4,9-13,16H2,1-2H3,(H2,28,29,30,32). The molecule has 2 N–H and O–H groups in total. The number of piperazine rings is 1. The minimum atomic E-state index is 0.298. The Hall–Kier alpha value is -3.79. The van der Waals surface area contributed by atoms with Gasteiger partial charge in [0, 0.05) is 56.8 Å². The predicted octanol–water partition coefficient (Wildman–Crippen LogP) is 4.00. The second-order valence-electron chi connectivity index (χ2n) is 10.5. The minimum Gasteiger partial charge on any atom is -0.340 e. The van der Waals surface area contributed by atoms with Gasteiger partial charge < -0.3 is 19.7 Å². The van der Waals surface area contributed by atoms with Crippen LogP contribution in [0.5, 0.6) is 0 Å². The van der Waals surface area contributed by atoms with E-state index in [0.717, 1.165) is 80.2 Å². The summed E-state index contributed by atoms with van der Waals surface area (Å²) >= 11 is 0. The van der Waals surface area contributed by atoms with E-state index < -0.39 is 0 Å². The van der Waals surface area contributed by atoms with Crippen LogP contribution in [-0.4, -0.2) is 67.0 Å². The smallest absolute Gasteiger partial charge is 0.257 e. The zero-order valence-electron chi connectivity index (χ0n) is 21.3. The molecule has 2 fully saturated rings. The number of imidazole rings is 1. The molecule has 4 aromatic rings. The summed E-state index contributed by atoms with van der Waals surface area (Å²) in [6, 6.07) is 9.94. The summed E-state index contributed by atoms with van der Waals surface area (Å²) < 4.78 is 5.46. The van der Waals surface area contributed by atoms with Crippen molar-refractivity contribution in [2.24, 2.45) is 11.8 Å². The first-order chi connectivity index (χ1) is 18.0. The molecular formula is C27H32N8O2. The van der Waals surface area contributed by atoms with Gasteiger partial charge in [-0.05, 0) is 54.7 Å². The number of pyridine rings is 1. The van der Waals surface area contributed by atoms with Crippen LogP contribution in [0, 0.1) is 11.8 Å². The molecule has 0 bridgehead atoms. The molecule has 1 aromatic carbocycles. The van der Waals surface area contributed by atoms with Crippen molar-refractivity contribution in [2.75, 3.05) is 31.5 Å². The molecule has 37 heavy (non-hydrogen) atoms. The van der Waals surface area contributed by atoms with Gasteiger partial charge >= 0.3 is 0 Å². The maximum atomic E-state index is 12.3. The molecule has 0 atom stereocenters. The zero-order chi connectivity index (χ0) is 25.4. The van der Waals surface area contributed by atoms with E-state index in [-0.39, 0.29) is 0 Å². The fourth-order valence-corrected chi connectivity index (χ4v) is 4.76. The van der Waals surface area contributed by atoms with Gasteiger partial charge in [0.25, 0.3) is 5.89 Å². The van der Waals surface area contributed by atoms with E-state index in [1.807, 2.05) is 35.4 Å². The summed E-state index contributed by atoms with van der Waals surface area (Å²) in [5.74, 6) is 3.69. The van der Waals surface area contributed by atoms with Crippen molar-refractivity contribution in [1.82, 2.24) is 34.9 Å². The van der Waals surface area contributed by atoms with E-state index in [2.05, 4.69) is 55.2 Å². The Labute approximate surface area is 215 Å². The summed E-state index contributed by atoms with van der Waals surface area (Å²) in [5, 5.41) is 7.39. The zero-order valence-corrected chi connectivity index (χ0v) is 21.3. The van der Waals surface area contributed by atoms with Gasteiger partial charge in [0.1, 0.15) is 5.82 Å². The van der Waals surface area contributed by atoms with Crippen LogP contribution in [0.3, 0.4) is 0 Å². The van der Waals surface area contributed by atoms with Gasteiger partial charge in [0.05, 0.1) is 11.0 Å². The van der Waals surface area contributed by atoms with Crippen molar-refractivity contribution in [1.29, 1.82) is 0 Å². The van der Waals surface area contributed by atoms with E-state index in [1.54, 1.807) is 0 Å². The highest BCUT2D eigenvalue weighted by molar-refractivity contribution is 5.82. The van der Waals surface area contributed by atoms with Crippen LogP contribution in [0.4, 0.5) is 11.8 Å². The number of fused-ring (bicyclic) bond motifs is 1. The molecule has 10 heteroatoms. The van der Waals surface area contributed by atoms with Crippen molar-refractivity contribution in [3.05, 3.63) is 47.9 Å². The normalized spacial score (nSPS) is 16.6. The first kappa shape index (κ1) is 23.6. The number of hydrogen-bond donors (Lipinski definition) is 2. The van der Waals surface area contributed by atoms with Gasteiger partial charge in [-0.25, -0.2) is 9.97 Å². The van der Waals surface area contributed by atoms with Crippen LogP contribution in [0.2, 0.25) is 0 Å². The highest BCUT2D eigenvalue weighted by Gasteiger charge is 2.34. The second kappa shape index (κ2) is 9.93. The molecule has 0 spiro atoms. The number of aromatic amines is 1. The molecule has 1 aliphatic heterocycles.